The lowest BCUT2D eigenvalue weighted by Crippen LogP contribution is -2.27. The summed E-state index contributed by atoms with van der Waals surface area (Å²) < 4.78 is 9.06. The standard InChI is InChI=1S/C15H16O5/c1-10(13(16)11-7-5-4-6-8-11)9-12(14(17)19-2)15(18)20-3/h4-8,12H,1,9H2,2-3H3. The lowest BCUT2D eigenvalue weighted by molar-refractivity contribution is -0.158. The molecule has 0 aliphatic carbocycles. The number of Topliss-reactive ketones (excluding diaryl/α,β-unsaturated/α-hetero) is 1. The Morgan fingerprint density at radius 3 is 2.00 bits per heavy atom. The number of esters is 2. The summed E-state index contributed by atoms with van der Waals surface area (Å²) in [5, 5.41) is 0. The van der Waals surface area contributed by atoms with Gasteiger partial charge in [-0.05, 0) is 12.0 Å². The van der Waals surface area contributed by atoms with Crippen LogP contribution in [0.25, 0.3) is 0 Å². The predicted molar refractivity (Wildman–Crippen MR) is 72.1 cm³/mol. The second kappa shape index (κ2) is 7.23. The molecule has 1 aromatic rings. The predicted octanol–water partition coefficient (Wildman–Crippen LogP) is 1.78. The van der Waals surface area contributed by atoms with Gasteiger partial charge in [-0.25, -0.2) is 0 Å². The van der Waals surface area contributed by atoms with E-state index in [1.54, 1.807) is 30.3 Å². The average molecular weight is 276 g/mol. The molecule has 0 saturated heterocycles. The zero-order valence-electron chi connectivity index (χ0n) is 11.4. The van der Waals surface area contributed by atoms with Crippen molar-refractivity contribution in [1.82, 2.24) is 0 Å². The van der Waals surface area contributed by atoms with Gasteiger partial charge in [-0.2, -0.15) is 0 Å². The van der Waals surface area contributed by atoms with Gasteiger partial charge in [0.1, 0.15) is 0 Å². The maximum absolute atomic E-state index is 12.1. The summed E-state index contributed by atoms with van der Waals surface area (Å²) in [5.74, 6) is -2.99. The van der Waals surface area contributed by atoms with E-state index in [2.05, 4.69) is 16.1 Å². The van der Waals surface area contributed by atoms with Crippen molar-refractivity contribution in [2.24, 2.45) is 5.92 Å². The summed E-state index contributed by atoms with van der Waals surface area (Å²) in [4.78, 5) is 35.2. The molecule has 0 radical (unpaired) electrons. The van der Waals surface area contributed by atoms with Crippen LogP contribution >= 0.6 is 0 Å². The van der Waals surface area contributed by atoms with Crippen LogP contribution < -0.4 is 0 Å². The van der Waals surface area contributed by atoms with Gasteiger partial charge in [-0.15, -0.1) is 0 Å². The molecule has 0 fully saturated rings. The van der Waals surface area contributed by atoms with Crippen LogP contribution in [-0.4, -0.2) is 31.9 Å². The van der Waals surface area contributed by atoms with Crippen LogP contribution in [0.15, 0.2) is 42.5 Å². The molecular formula is C15H16O5. The maximum Gasteiger partial charge on any atom is 0.320 e. The van der Waals surface area contributed by atoms with Crippen molar-refractivity contribution in [3.8, 4) is 0 Å². The number of carbonyl (C=O) groups excluding carboxylic acids is 3. The minimum absolute atomic E-state index is 0.132. The third-order valence-corrected chi connectivity index (χ3v) is 2.78. The first kappa shape index (κ1) is 15.6. The fourth-order valence-electron chi connectivity index (χ4n) is 1.68. The number of methoxy groups -OCH3 is 2. The highest BCUT2D eigenvalue weighted by Crippen LogP contribution is 2.18. The Kier molecular flexibility index (Phi) is 5.65. The van der Waals surface area contributed by atoms with Crippen molar-refractivity contribution >= 4 is 17.7 Å². The molecule has 0 saturated carbocycles. The molecule has 0 aliphatic heterocycles. The molecule has 0 unspecified atom stereocenters. The van der Waals surface area contributed by atoms with E-state index < -0.39 is 17.9 Å². The first-order valence-electron chi connectivity index (χ1n) is 5.94. The SMILES string of the molecule is C=C(CC(C(=O)OC)C(=O)OC)C(=O)c1ccccc1. The van der Waals surface area contributed by atoms with E-state index in [1.165, 1.54) is 14.2 Å². The van der Waals surface area contributed by atoms with Gasteiger partial charge in [0.15, 0.2) is 11.7 Å². The van der Waals surface area contributed by atoms with Crippen molar-refractivity contribution in [3.05, 3.63) is 48.0 Å². The highest BCUT2D eigenvalue weighted by atomic mass is 16.5. The summed E-state index contributed by atoms with van der Waals surface area (Å²) in [5.41, 5.74) is 0.600. The Bertz CT molecular complexity index is 502. The van der Waals surface area contributed by atoms with E-state index in [1.807, 2.05) is 0 Å². The van der Waals surface area contributed by atoms with E-state index in [0.29, 0.717) is 5.56 Å². The number of allylic oxidation sites excluding steroid dienone is 1. The maximum atomic E-state index is 12.1. The van der Waals surface area contributed by atoms with E-state index in [9.17, 15) is 14.4 Å². The number of ether oxygens (including phenoxy) is 2. The first-order chi connectivity index (χ1) is 9.51. The Labute approximate surface area is 117 Å². The molecule has 20 heavy (non-hydrogen) atoms. The fourth-order valence-corrected chi connectivity index (χ4v) is 1.68. The van der Waals surface area contributed by atoms with Gasteiger partial charge in [-0.3, -0.25) is 14.4 Å². The molecule has 0 heterocycles. The molecule has 106 valence electrons. The van der Waals surface area contributed by atoms with Gasteiger partial charge in [0, 0.05) is 5.56 Å². The van der Waals surface area contributed by atoms with Crippen molar-refractivity contribution in [3.63, 3.8) is 0 Å². The van der Waals surface area contributed by atoms with Crippen LogP contribution in [0.2, 0.25) is 0 Å². The zero-order chi connectivity index (χ0) is 15.1. The van der Waals surface area contributed by atoms with Crippen molar-refractivity contribution in [2.45, 2.75) is 6.42 Å². The average Bonchev–Trinajstić information content (AvgIpc) is 2.50. The molecule has 0 aliphatic rings. The lowest BCUT2D eigenvalue weighted by Gasteiger charge is -2.13. The molecular weight excluding hydrogens is 260 g/mol. The second-order valence-electron chi connectivity index (χ2n) is 4.10. The van der Waals surface area contributed by atoms with Gasteiger partial charge >= 0.3 is 11.9 Å². The summed E-state index contributed by atoms with van der Waals surface area (Å²) in [6.07, 6.45) is -0.132. The Balaban J connectivity index is 2.84. The molecule has 5 nitrogen and oxygen atoms in total. The number of ketones is 1. The zero-order valence-corrected chi connectivity index (χ0v) is 11.4. The van der Waals surface area contributed by atoms with Gasteiger partial charge in [0.05, 0.1) is 14.2 Å². The number of rotatable bonds is 6. The number of hydrogen-bond acceptors (Lipinski definition) is 5. The first-order valence-corrected chi connectivity index (χ1v) is 5.94. The van der Waals surface area contributed by atoms with Gasteiger partial charge < -0.3 is 9.47 Å². The van der Waals surface area contributed by atoms with Gasteiger partial charge in [0.25, 0.3) is 0 Å². The molecule has 0 amide bonds. The summed E-state index contributed by atoms with van der Waals surface area (Å²) in [6.45, 7) is 3.64. The minimum atomic E-state index is -1.18. The largest absolute Gasteiger partial charge is 0.468 e. The molecule has 0 atom stereocenters. The molecule has 0 aromatic heterocycles. The monoisotopic (exact) mass is 276 g/mol. The smallest absolute Gasteiger partial charge is 0.320 e. The van der Waals surface area contributed by atoms with Crippen LogP contribution in [0.4, 0.5) is 0 Å². The molecule has 0 N–H and O–H groups in total. The summed E-state index contributed by atoms with van der Waals surface area (Å²) in [7, 11) is 2.33. The number of benzene rings is 1. The van der Waals surface area contributed by atoms with Crippen LogP contribution in [0.1, 0.15) is 16.8 Å². The molecule has 1 rings (SSSR count). The van der Waals surface area contributed by atoms with E-state index in [0.717, 1.165) is 0 Å². The Morgan fingerprint density at radius 1 is 1.05 bits per heavy atom. The molecule has 1 aromatic carbocycles. The molecule has 0 spiro atoms. The second-order valence-corrected chi connectivity index (χ2v) is 4.10. The van der Waals surface area contributed by atoms with Crippen molar-refractivity contribution in [2.75, 3.05) is 14.2 Å². The minimum Gasteiger partial charge on any atom is -0.468 e. The summed E-state index contributed by atoms with van der Waals surface area (Å²) in [6, 6.07) is 8.50. The Hall–Kier alpha value is -2.43. The topological polar surface area (TPSA) is 69.7 Å². The highest BCUT2D eigenvalue weighted by Gasteiger charge is 2.30. The molecule has 5 heteroatoms. The number of carbonyl (C=O) groups is 3. The quantitative estimate of drug-likeness (QED) is 0.343. The van der Waals surface area contributed by atoms with Crippen molar-refractivity contribution < 1.29 is 23.9 Å². The van der Waals surface area contributed by atoms with Crippen molar-refractivity contribution in [1.29, 1.82) is 0 Å². The van der Waals surface area contributed by atoms with E-state index in [-0.39, 0.29) is 17.8 Å². The highest BCUT2D eigenvalue weighted by molar-refractivity contribution is 6.09. The third-order valence-electron chi connectivity index (χ3n) is 2.78. The summed E-state index contributed by atoms with van der Waals surface area (Å²) >= 11 is 0. The normalized spacial score (nSPS) is 9.95. The van der Waals surface area contributed by atoms with Crippen LogP contribution in [-0.2, 0) is 19.1 Å². The van der Waals surface area contributed by atoms with Crippen LogP contribution in [0, 0.1) is 5.92 Å². The lowest BCUT2D eigenvalue weighted by atomic mass is 9.94. The van der Waals surface area contributed by atoms with Crippen LogP contribution in [0.3, 0.4) is 0 Å². The Morgan fingerprint density at radius 2 is 1.55 bits per heavy atom. The van der Waals surface area contributed by atoms with Gasteiger partial charge in [0.2, 0.25) is 0 Å². The van der Waals surface area contributed by atoms with Crippen LogP contribution in [0.5, 0.6) is 0 Å². The third kappa shape index (κ3) is 3.78. The molecule has 0 bridgehead atoms. The van der Waals surface area contributed by atoms with E-state index >= 15 is 0 Å². The van der Waals surface area contributed by atoms with Gasteiger partial charge in [-0.1, -0.05) is 36.9 Å². The number of hydrogen-bond donors (Lipinski definition) is 0. The van der Waals surface area contributed by atoms with E-state index in [4.69, 9.17) is 0 Å². The fraction of sp³-hybridized carbons (Fsp3) is 0.267.